The van der Waals surface area contributed by atoms with Crippen molar-refractivity contribution in [2.24, 2.45) is 29.1 Å². The molecule has 0 aromatic rings. The van der Waals surface area contributed by atoms with Crippen molar-refractivity contribution >= 4 is 0 Å². The zero-order chi connectivity index (χ0) is 18.8. The van der Waals surface area contributed by atoms with Crippen LogP contribution in [0.25, 0.3) is 0 Å². The van der Waals surface area contributed by atoms with E-state index in [4.69, 9.17) is 0 Å². The average Bonchev–Trinajstić information content (AvgIpc) is 2.70. The monoisotopic (exact) mass is 362 g/mol. The molecule has 0 saturated heterocycles. The van der Waals surface area contributed by atoms with E-state index in [1.165, 1.54) is 83.5 Å². The second-order valence-corrected chi connectivity index (χ2v) is 10.1. The van der Waals surface area contributed by atoms with E-state index in [1.807, 2.05) is 0 Å². The normalized spacial score (nSPS) is 37.4. The van der Waals surface area contributed by atoms with E-state index in [9.17, 15) is 0 Å². The second kappa shape index (κ2) is 11.8. The first-order chi connectivity index (χ1) is 12.7. The summed E-state index contributed by atoms with van der Waals surface area (Å²) in [6, 6.07) is 0. The number of fused-ring (bicyclic) bond motifs is 1. The number of hydrogen-bond acceptors (Lipinski definition) is 0. The van der Waals surface area contributed by atoms with E-state index in [0.717, 1.165) is 29.1 Å². The second-order valence-electron chi connectivity index (χ2n) is 10.1. The molecule has 0 amide bonds. The molecule has 0 aliphatic heterocycles. The fourth-order valence-corrected chi connectivity index (χ4v) is 6.81. The van der Waals surface area contributed by atoms with Gasteiger partial charge < -0.3 is 0 Å². The van der Waals surface area contributed by atoms with Crippen LogP contribution in [0.2, 0.25) is 0 Å². The molecule has 0 nitrogen and oxygen atoms in total. The standard InChI is InChI=1S/C13H24.C13H26/c1-2-6-11-8-5-9-12-7-3-4-10-13(11)12;1-4-9-13(6-3)10-7-12(5-2)8-11-13/h11-13H,2-10H2,1H3;12H,4-11H2,1-3H3. The lowest BCUT2D eigenvalue weighted by atomic mass is 9.64. The largest absolute Gasteiger partial charge is 0.0654 e. The van der Waals surface area contributed by atoms with E-state index < -0.39 is 0 Å². The summed E-state index contributed by atoms with van der Waals surface area (Å²) < 4.78 is 0. The smallest absolute Gasteiger partial charge is 0.0300 e. The third-order valence-electron chi connectivity index (χ3n) is 8.66. The molecule has 3 fully saturated rings. The molecule has 0 heterocycles. The summed E-state index contributed by atoms with van der Waals surface area (Å²) in [5, 5.41) is 0. The number of hydrogen-bond donors (Lipinski definition) is 0. The molecule has 0 aromatic heterocycles. The van der Waals surface area contributed by atoms with Crippen LogP contribution in [-0.4, -0.2) is 0 Å². The van der Waals surface area contributed by atoms with Crippen LogP contribution < -0.4 is 0 Å². The van der Waals surface area contributed by atoms with Gasteiger partial charge in [-0.25, -0.2) is 0 Å². The Bertz CT molecular complexity index is 345. The van der Waals surface area contributed by atoms with Gasteiger partial charge in [-0.05, 0) is 67.6 Å². The molecule has 3 rings (SSSR count). The molecule has 3 saturated carbocycles. The van der Waals surface area contributed by atoms with Gasteiger partial charge in [-0.15, -0.1) is 0 Å². The number of rotatable bonds is 6. The van der Waals surface area contributed by atoms with Gasteiger partial charge in [0.05, 0.1) is 0 Å². The van der Waals surface area contributed by atoms with Crippen LogP contribution in [0.4, 0.5) is 0 Å². The molecule has 0 N–H and O–H groups in total. The lowest BCUT2D eigenvalue weighted by molar-refractivity contribution is 0.0975. The van der Waals surface area contributed by atoms with Crippen molar-refractivity contribution in [2.75, 3.05) is 0 Å². The van der Waals surface area contributed by atoms with Crippen molar-refractivity contribution in [3.05, 3.63) is 0 Å². The maximum Gasteiger partial charge on any atom is -0.0300 e. The highest BCUT2D eigenvalue weighted by molar-refractivity contribution is 4.85. The first-order valence-corrected chi connectivity index (χ1v) is 12.7. The molecule has 3 aliphatic carbocycles. The first kappa shape index (κ1) is 22.3. The van der Waals surface area contributed by atoms with Crippen molar-refractivity contribution < 1.29 is 0 Å². The van der Waals surface area contributed by atoms with E-state index in [2.05, 4.69) is 27.7 Å². The first-order valence-electron chi connectivity index (χ1n) is 12.7. The molecule has 0 spiro atoms. The molecule has 3 unspecified atom stereocenters. The Morgan fingerprint density at radius 3 is 2.04 bits per heavy atom. The van der Waals surface area contributed by atoms with Crippen molar-refractivity contribution in [3.63, 3.8) is 0 Å². The van der Waals surface area contributed by atoms with Crippen LogP contribution in [0.5, 0.6) is 0 Å². The van der Waals surface area contributed by atoms with Gasteiger partial charge in [0.15, 0.2) is 0 Å². The summed E-state index contributed by atoms with van der Waals surface area (Å²) in [5.74, 6) is 4.45. The van der Waals surface area contributed by atoms with Crippen LogP contribution in [0.15, 0.2) is 0 Å². The SMILES string of the molecule is CCCC1(CC)CCC(CC)CC1.CCCC1CCCC2CCCCC12. The maximum atomic E-state index is 2.39. The highest BCUT2D eigenvalue weighted by Gasteiger charge is 2.34. The predicted molar refractivity (Wildman–Crippen MR) is 118 cm³/mol. The summed E-state index contributed by atoms with van der Waals surface area (Å²) in [7, 11) is 0. The van der Waals surface area contributed by atoms with Crippen LogP contribution in [0, 0.1) is 29.1 Å². The minimum Gasteiger partial charge on any atom is -0.0654 e. The molecule has 3 atom stereocenters. The summed E-state index contributed by atoms with van der Waals surface area (Å²) >= 11 is 0. The Kier molecular flexibility index (Phi) is 10.1. The fraction of sp³-hybridized carbons (Fsp3) is 1.00. The Morgan fingerprint density at radius 2 is 1.42 bits per heavy atom. The topological polar surface area (TPSA) is 0 Å². The average molecular weight is 363 g/mol. The Hall–Kier alpha value is 0. The lowest BCUT2D eigenvalue weighted by Gasteiger charge is -2.41. The van der Waals surface area contributed by atoms with Gasteiger partial charge >= 0.3 is 0 Å². The predicted octanol–water partition coefficient (Wildman–Crippen LogP) is 9.18. The van der Waals surface area contributed by atoms with Crippen LogP contribution in [0.1, 0.15) is 137 Å². The fourth-order valence-electron chi connectivity index (χ4n) is 6.81. The van der Waals surface area contributed by atoms with Gasteiger partial charge in [0, 0.05) is 0 Å². The Balaban J connectivity index is 0.000000187. The molecule has 26 heavy (non-hydrogen) atoms. The lowest BCUT2D eigenvalue weighted by Crippen LogP contribution is -2.30. The van der Waals surface area contributed by atoms with Crippen molar-refractivity contribution in [1.29, 1.82) is 0 Å². The van der Waals surface area contributed by atoms with E-state index >= 15 is 0 Å². The van der Waals surface area contributed by atoms with Crippen LogP contribution in [0.3, 0.4) is 0 Å². The van der Waals surface area contributed by atoms with Gasteiger partial charge in [-0.3, -0.25) is 0 Å². The van der Waals surface area contributed by atoms with Gasteiger partial charge in [-0.1, -0.05) is 98.3 Å². The van der Waals surface area contributed by atoms with Crippen molar-refractivity contribution in [1.82, 2.24) is 0 Å². The van der Waals surface area contributed by atoms with Gasteiger partial charge in [0.1, 0.15) is 0 Å². The quantitative estimate of drug-likeness (QED) is 0.441. The summed E-state index contributed by atoms with van der Waals surface area (Å²) in [6.07, 6.45) is 25.5. The third kappa shape index (κ3) is 6.27. The van der Waals surface area contributed by atoms with Gasteiger partial charge in [-0.2, -0.15) is 0 Å². The van der Waals surface area contributed by atoms with E-state index in [0.29, 0.717) is 0 Å². The summed E-state index contributed by atoms with van der Waals surface area (Å²) in [6.45, 7) is 9.43. The van der Waals surface area contributed by atoms with Crippen molar-refractivity contribution in [2.45, 2.75) is 137 Å². The van der Waals surface area contributed by atoms with Gasteiger partial charge in [0.25, 0.3) is 0 Å². The molecule has 0 bridgehead atoms. The van der Waals surface area contributed by atoms with E-state index in [-0.39, 0.29) is 0 Å². The zero-order valence-electron chi connectivity index (χ0n) is 18.8. The van der Waals surface area contributed by atoms with Crippen molar-refractivity contribution in [3.8, 4) is 0 Å². The minimum atomic E-state index is 0.750. The van der Waals surface area contributed by atoms with Crippen LogP contribution in [-0.2, 0) is 0 Å². The third-order valence-corrected chi connectivity index (χ3v) is 8.66. The summed E-state index contributed by atoms with van der Waals surface area (Å²) in [5.41, 5.74) is 0.750. The van der Waals surface area contributed by atoms with E-state index in [1.54, 1.807) is 25.7 Å². The highest BCUT2D eigenvalue weighted by Crippen LogP contribution is 2.46. The molecule has 0 heteroatoms. The Labute approximate surface area is 166 Å². The molecule has 154 valence electrons. The molecular formula is C26H50. The zero-order valence-corrected chi connectivity index (χ0v) is 18.8. The maximum absolute atomic E-state index is 2.39. The highest BCUT2D eigenvalue weighted by atomic mass is 14.4. The van der Waals surface area contributed by atoms with Crippen LogP contribution >= 0.6 is 0 Å². The Morgan fingerprint density at radius 1 is 0.731 bits per heavy atom. The van der Waals surface area contributed by atoms with Gasteiger partial charge in [0.2, 0.25) is 0 Å². The molecule has 3 aliphatic rings. The molecular weight excluding hydrogens is 312 g/mol. The molecule has 0 aromatic carbocycles. The summed E-state index contributed by atoms with van der Waals surface area (Å²) in [4.78, 5) is 0. The molecule has 0 radical (unpaired) electrons. The minimum absolute atomic E-state index is 0.750.